The quantitative estimate of drug-likeness (QED) is 0.807. The zero-order valence-corrected chi connectivity index (χ0v) is 9.75. The summed E-state index contributed by atoms with van der Waals surface area (Å²) in [6, 6.07) is 3.70. The van der Waals surface area contributed by atoms with E-state index in [1.54, 1.807) is 0 Å². The molecule has 96 valence electrons. The van der Waals surface area contributed by atoms with Crippen LogP contribution in [0.25, 0.3) is 0 Å². The number of carbonyl (C=O) groups excluding carboxylic acids is 1. The van der Waals surface area contributed by atoms with E-state index < -0.39 is 23.2 Å². The molecule has 0 aromatic heterocycles. The molecule has 1 aromatic carbocycles. The fourth-order valence-electron chi connectivity index (χ4n) is 1.82. The van der Waals surface area contributed by atoms with Crippen LogP contribution in [0.1, 0.15) is 12.8 Å². The van der Waals surface area contributed by atoms with Gasteiger partial charge in [-0.3, -0.25) is 4.79 Å². The summed E-state index contributed by atoms with van der Waals surface area (Å²) >= 11 is 0. The molecule has 5 heteroatoms. The summed E-state index contributed by atoms with van der Waals surface area (Å²) in [7, 11) is 0. The predicted octanol–water partition coefficient (Wildman–Crippen LogP) is 2.21. The number of hydrogen-bond donors (Lipinski definition) is 2. The van der Waals surface area contributed by atoms with Crippen molar-refractivity contribution in [1.82, 2.24) is 5.32 Å². The van der Waals surface area contributed by atoms with Crippen molar-refractivity contribution in [3.05, 3.63) is 42.0 Å². The zero-order chi connectivity index (χ0) is 13.0. The average molecular weight is 252 g/mol. The Bertz CT molecular complexity index is 446. The van der Waals surface area contributed by atoms with Gasteiger partial charge in [-0.2, -0.15) is 0 Å². The SMILES string of the molecule is O=C(CNC1CC=CC1)Nc1c(F)cccc1F. The van der Waals surface area contributed by atoms with E-state index in [0.717, 1.165) is 25.0 Å². The highest BCUT2D eigenvalue weighted by Crippen LogP contribution is 2.17. The van der Waals surface area contributed by atoms with Crippen molar-refractivity contribution in [2.24, 2.45) is 0 Å². The van der Waals surface area contributed by atoms with Gasteiger partial charge in [0, 0.05) is 6.04 Å². The summed E-state index contributed by atoms with van der Waals surface area (Å²) in [6.45, 7) is 0.0418. The monoisotopic (exact) mass is 252 g/mol. The van der Waals surface area contributed by atoms with Crippen molar-refractivity contribution < 1.29 is 13.6 Å². The normalized spacial score (nSPS) is 15.0. The average Bonchev–Trinajstić information content (AvgIpc) is 2.84. The Balaban J connectivity index is 1.87. The van der Waals surface area contributed by atoms with Crippen LogP contribution in [0.4, 0.5) is 14.5 Å². The zero-order valence-electron chi connectivity index (χ0n) is 9.75. The minimum atomic E-state index is -0.772. The molecule has 0 unspecified atom stereocenters. The molecule has 3 nitrogen and oxygen atoms in total. The first-order chi connectivity index (χ1) is 8.66. The van der Waals surface area contributed by atoms with E-state index in [2.05, 4.69) is 10.6 Å². The van der Waals surface area contributed by atoms with Gasteiger partial charge in [0.15, 0.2) is 0 Å². The highest BCUT2D eigenvalue weighted by molar-refractivity contribution is 5.92. The Morgan fingerprint density at radius 2 is 1.83 bits per heavy atom. The molecule has 0 spiro atoms. The molecule has 1 aliphatic carbocycles. The molecular weight excluding hydrogens is 238 g/mol. The first-order valence-corrected chi connectivity index (χ1v) is 5.79. The molecule has 0 fully saturated rings. The smallest absolute Gasteiger partial charge is 0.238 e. The highest BCUT2D eigenvalue weighted by Gasteiger charge is 2.14. The summed E-state index contributed by atoms with van der Waals surface area (Å²) in [4.78, 5) is 11.5. The molecule has 0 aliphatic heterocycles. The van der Waals surface area contributed by atoms with Crippen molar-refractivity contribution in [3.8, 4) is 0 Å². The van der Waals surface area contributed by atoms with E-state index in [1.165, 1.54) is 6.07 Å². The minimum Gasteiger partial charge on any atom is -0.320 e. The minimum absolute atomic E-state index is 0.0418. The van der Waals surface area contributed by atoms with Crippen LogP contribution in [-0.2, 0) is 4.79 Å². The third-order valence-corrected chi connectivity index (χ3v) is 2.79. The van der Waals surface area contributed by atoms with Crippen LogP contribution in [0.2, 0.25) is 0 Å². The van der Waals surface area contributed by atoms with E-state index in [0.29, 0.717) is 0 Å². The fraction of sp³-hybridized carbons (Fsp3) is 0.308. The summed E-state index contributed by atoms with van der Waals surface area (Å²) in [5.74, 6) is -2.00. The Morgan fingerprint density at radius 3 is 2.44 bits per heavy atom. The second-order valence-corrected chi connectivity index (χ2v) is 4.17. The molecule has 1 amide bonds. The molecule has 0 bridgehead atoms. The lowest BCUT2D eigenvalue weighted by atomic mass is 10.2. The third kappa shape index (κ3) is 3.13. The molecular formula is C13H14F2N2O. The topological polar surface area (TPSA) is 41.1 Å². The van der Waals surface area contributed by atoms with Gasteiger partial charge in [-0.05, 0) is 25.0 Å². The first-order valence-electron chi connectivity index (χ1n) is 5.79. The van der Waals surface area contributed by atoms with Gasteiger partial charge in [0.05, 0.1) is 6.54 Å². The fourth-order valence-corrected chi connectivity index (χ4v) is 1.82. The van der Waals surface area contributed by atoms with Gasteiger partial charge in [0.1, 0.15) is 17.3 Å². The van der Waals surface area contributed by atoms with E-state index in [4.69, 9.17) is 0 Å². The van der Waals surface area contributed by atoms with E-state index in [-0.39, 0.29) is 12.6 Å². The van der Waals surface area contributed by atoms with Crippen LogP contribution in [0.5, 0.6) is 0 Å². The van der Waals surface area contributed by atoms with Crippen LogP contribution in [0.15, 0.2) is 30.4 Å². The summed E-state index contributed by atoms with van der Waals surface area (Å²) in [5.41, 5.74) is -0.395. The molecule has 1 aliphatic rings. The second-order valence-electron chi connectivity index (χ2n) is 4.17. The number of benzene rings is 1. The van der Waals surface area contributed by atoms with Gasteiger partial charge >= 0.3 is 0 Å². The van der Waals surface area contributed by atoms with Crippen molar-refractivity contribution in [2.75, 3.05) is 11.9 Å². The summed E-state index contributed by atoms with van der Waals surface area (Å²) in [5, 5.41) is 5.25. The number of halogens is 2. The molecule has 0 heterocycles. The molecule has 0 radical (unpaired) electrons. The Hall–Kier alpha value is -1.75. The standard InChI is InChI=1S/C13H14F2N2O/c14-10-6-3-7-11(15)13(10)17-12(18)8-16-9-4-1-2-5-9/h1-3,6-7,9,16H,4-5,8H2,(H,17,18). The lowest BCUT2D eigenvalue weighted by Gasteiger charge is -2.12. The number of nitrogens with one attached hydrogen (secondary N) is 2. The van der Waals surface area contributed by atoms with Gasteiger partial charge in [-0.1, -0.05) is 18.2 Å². The number of para-hydroxylation sites is 1. The van der Waals surface area contributed by atoms with E-state index >= 15 is 0 Å². The lowest BCUT2D eigenvalue weighted by molar-refractivity contribution is -0.115. The highest BCUT2D eigenvalue weighted by atomic mass is 19.1. The molecule has 18 heavy (non-hydrogen) atoms. The number of rotatable bonds is 4. The van der Waals surface area contributed by atoms with Gasteiger partial charge in [-0.25, -0.2) is 8.78 Å². The first kappa shape index (κ1) is 12.7. The Kier molecular flexibility index (Phi) is 4.04. The van der Waals surface area contributed by atoms with Gasteiger partial charge in [0.2, 0.25) is 5.91 Å². The van der Waals surface area contributed by atoms with Crippen LogP contribution >= 0.6 is 0 Å². The molecule has 2 rings (SSSR count). The molecule has 1 aromatic rings. The molecule has 0 saturated heterocycles. The molecule has 0 atom stereocenters. The largest absolute Gasteiger partial charge is 0.320 e. The maximum Gasteiger partial charge on any atom is 0.238 e. The molecule has 0 saturated carbocycles. The van der Waals surface area contributed by atoms with Crippen molar-refractivity contribution in [2.45, 2.75) is 18.9 Å². The number of carbonyl (C=O) groups is 1. The summed E-state index contributed by atoms with van der Waals surface area (Å²) < 4.78 is 26.5. The van der Waals surface area contributed by atoms with Crippen molar-refractivity contribution in [1.29, 1.82) is 0 Å². The number of anilines is 1. The van der Waals surface area contributed by atoms with Gasteiger partial charge < -0.3 is 10.6 Å². The van der Waals surface area contributed by atoms with Crippen molar-refractivity contribution in [3.63, 3.8) is 0 Å². The Morgan fingerprint density at radius 1 is 1.22 bits per heavy atom. The van der Waals surface area contributed by atoms with E-state index in [1.807, 2.05) is 12.2 Å². The number of hydrogen-bond acceptors (Lipinski definition) is 2. The lowest BCUT2D eigenvalue weighted by Crippen LogP contribution is -2.34. The van der Waals surface area contributed by atoms with Crippen LogP contribution in [0, 0.1) is 11.6 Å². The van der Waals surface area contributed by atoms with Crippen LogP contribution < -0.4 is 10.6 Å². The second kappa shape index (κ2) is 5.73. The van der Waals surface area contributed by atoms with Crippen LogP contribution in [0.3, 0.4) is 0 Å². The summed E-state index contributed by atoms with van der Waals surface area (Å²) in [6.07, 6.45) is 5.82. The Labute approximate surface area is 104 Å². The van der Waals surface area contributed by atoms with Crippen molar-refractivity contribution >= 4 is 11.6 Å². The maximum absolute atomic E-state index is 13.3. The van der Waals surface area contributed by atoms with E-state index in [9.17, 15) is 13.6 Å². The number of amides is 1. The third-order valence-electron chi connectivity index (χ3n) is 2.79. The predicted molar refractivity (Wildman–Crippen MR) is 65.2 cm³/mol. The van der Waals surface area contributed by atoms with Crippen LogP contribution in [-0.4, -0.2) is 18.5 Å². The maximum atomic E-state index is 13.3. The van der Waals surface area contributed by atoms with Gasteiger partial charge in [0.25, 0.3) is 0 Å². The molecule has 2 N–H and O–H groups in total. The van der Waals surface area contributed by atoms with Gasteiger partial charge in [-0.15, -0.1) is 0 Å².